The van der Waals surface area contributed by atoms with Crippen LogP contribution in [0.15, 0.2) is 24.3 Å². The van der Waals surface area contributed by atoms with Crippen molar-refractivity contribution in [3.63, 3.8) is 0 Å². The van der Waals surface area contributed by atoms with Gasteiger partial charge >= 0.3 is 0 Å². The topological polar surface area (TPSA) is 47.9 Å². The highest BCUT2D eigenvalue weighted by molar-refractivity contribution is 6.18. The van der Waals surface area contributed by atoms with Crippen LogP contribution in [0.25, 0.3) is 0 Å². The maximum absolute atomic E-state index is 9.29. The normalized spacial score (nSPS) is 12.7. The van der Waals surface area contributed by atoms with Crippen LogP contribution in [0.2, 0.25) is 0 Å². The molecule has 1 rings (SSSR count). The van der Waals surface area contributed by atoms with Crippen molar-refractivity contribution in [2.45, 2.75) is 32.7 Å². The van der Waals surface area contributed by atoms with Gasteiger partial charge in [-0.15, -0.1) is 11.6 Å². The Labute approximate surface area is 125 Å². The van der Waals surface area contributed by atoms with Crippen molar-refractivity contribution >= 4 is 11.6 Å². The molecule has 1 aromatic rings. The van der Waals surface area contributed by atoms with E-state index in [1.807, 2.05) is 38.1 Å². The zero-order valence-corrected chi connectivity index (χ0v) is 12.8. The molecule has 0 saturated carbocycles. The molecule has 0 heterocycles. The molecular weight excluding hydrogens is 280 g/mol. The van der Waals surface area contributed by atoms with E-state index >= 15 is 0 Å². The summed E-state index contributed by atoms with van der Waals surface area (Å²) in [6.45, 7) is 5.94. The predicted molar refractivity (Wildman–Crippen MR) is 79.4 cm³/mol. The van der Waals surface area contributed by atoms with Crippen LogP contribution in [0, 0.1) is 0 Å². The number of rotatable bonds is 10. The van der Waals surface area contributed by atoms with E-state index in [4.69, 9.17) is 25.8 Å². The number of aliphatic hydroxyl groups is 1. The van der Waals surface area contributed by atoms with Crippen LogP contribution in [0.1, 0.15) is 19.4 Å². The number of benzene rings is 1. The third kappa shape index (κ3) is 7.70. The lowest BCUT2D eigenvalue weighted by atomic mass is 10.2. The molecule has 0 aliphatic heterocycles. The van der Waals surface area contributed by atoms with E-state index in [-0.39, 0.29) is 18.6 Å². The fraction of sp³-hybridized carbons (Fsp3) is 0.600. The maximum Gasteiger partial charge on any atom is 0.119 e. The van der Waals surface area contributed by atoms with Gasteiger partial charge in [0.05, 0.1) is 31.8 Å². The lowest BCUT2D eigenvalue weighted by molar-refractivity contribution is 0.0143. The van der Waals surface area contributed by atoms with E-state index in [2.05, 4.69) is 0 Å². The Morgan fingerprint density at radius 1 is 1.15 bits per heavy atom. The molecule has 1 N–H and O–H groups in total. The van der Waals surface area contributed by atoms with E-state index in [0.29, 0.717) is 25.6 Å². The lowest BCUT2D eigenvalue weighted by Crippen LogP contribution is -2.18. The van der Waals surface area contributed by atoms with Gasteiger partial charge in [-0.3, -0.25) is 0 Å². The molecule has 0 saturated heterocycles. The second kappa shape index (κ2) is 10.00. The molecule has 1 unspecified atom stereocenters. The van der Waals surface area contributed by atoms with Crippen molar-refractivity contribution in [1.29, 1.82) is 0 Å². The minimum Gasteiger partial charge on any atom is -0.491 e. The van der Waals surface area contributed by atoms with Crippen molar-refractivity contribution in [3.05, 3.63) is 29.8 Å². The fourth-order valence-corrected chi connectivity index (χ4v) is 1.54. The molecule has 0 bridgehead atoms. The van der Waals surface area contributed by atoms with Gasteiger partial charge in [0.25, 0.3) is 0 Å². The van der Waals surface area contributed by atoms with Crippen LogP contribution < -0.4 is 4.74 Å². The van der Waals surface area contributed by atoms with E-state index in [1.165, 1.54) is 0 Å². The van der Waals surface area contributed by atoms with Gasteiger partial charge in [0.1, 0.15) is 18.5 Å². The summed E-state index contributed by atoms with van der Waals surface area (Å²) in [5, 5.41) is 9.29. The van der Waals surface area contributed by atoms with Gasteiger partial charge in [0.2, 0.25) is 0 Å². The van der Waals surface area contributed by atoms with Crippen molar-refractivity contribution in [3.8, 4) is 5.75 Å². The molecule has 1 aromatic carbocycles. The minimum absolute atomic E-state index is 0.171. The van der Waals surface area contributed by atoms with Gasteiger partial charge in [-0.1, -0.05) is 12.1 Å². The molecule has 0 fully saturated rings. The zero-order chi connectivity index (χ0) is 14.8. The van der Waals surface area contributed by atoms with Gasteiger partial charge < -0.3 is 19.3 Å². The zero-order valence-electron chi connectivity index (χ0n) is 12.0. The van der Waals surface area contributed by atoms with Crippen molar-refractivity contribution < 1.29 is 19.3 Å². The number of hydrogen-bond acceptors (Lipinski definition) is 4. The first-order valence-corrected chi connectivity index (χ1v) is 7.30. The molecular formula is C15H23ClO4. The third-order valence-electron chi connectivity index (χ3n) is 2.49. The van der Waals surface area contributed by atoms with Gasteiger partial charge in [0, 0.05) is 0 Å². The molecule has 0 aliphatic carbocycles. The van der Waals surface area contributed by atoms with Crippen LogP contribution in [-0.4, -0.2) is 43.0 Å². The average Bonchev–Trinajstić information content (AvgIpc) is 2.45. The maximum atomic E-state index is 9.29. The summed E-state index contributed by atoms with van der Waals surface area (Å²) in [5.74, 6) is 0.880. The van der Waals surface area contributed by atoms with Crippen LogP contribution >= 0.6 is 11.6 Å². The molecule has 0 amide bonds. The Bertz CT molecular complexity index is 353. The van der Waals surface area contributed by atoms with E-state index < -0.39 is 6.10 Å². The first-order chi connectivity index (χ1) is 9.61. The average molecular weight is 303 g/mol. The number of halogens is 1. The fourth-order valence-electron chi connectivity index (χ4n) is 1.45. The molecule has 0 radical (unpaired) electrons. The second-order valence-electron chi connectivity index (χ2n) is 4.74. The number of aliphatic hydroxyl groups excluding tert-OH is 1. The van der Waals surface area contributed by atoms with E-state index in [9.17, 15) is 5.11 Å². The quantitative estimate of drug-likeness (QED) is 0.533. The van der Waals surface area contributed by atoms with E-state index in [0.717, 1.165) is 5.56 Å². The van der Waals surface area contributed by atoms with Crippen LogP contribution in [0.3, 0.4) is 0 Å². The van der Waals surface area contributed by atoms with Crippen LogP contribution in [-0.2, 0) is 16.1 Å². The summed E-state index contributed by atoms with van der Waals surface area (Å²) in [7, 11) is 0. The van der Waals surface area contributed by atoms with Gasteiger partial charge in [-0.05, 0) is 31.5 Å². The van der Waals surface area contributed by atoms with Crippen molar-refractivity contribution in [1.82, 2.24) is 0 Å². The van der Waals surface area contributed by atoms with E-state index in [1.54, 1.807) is 0 Å². The Kier molecular flexibility index (Phi) is 8.62. The number of hydrogen-bond donors (Lipinski definition) is 1. The molecule has 1 atom stereocenters. The molecule has 0 aromatic heterocycles. The Hall–Kier alpha value is -0.810. The molecule has 114 valence electrons. The van der Waals surface area contributed by atoms with Gasteiger partial charge in [-0.2, -0.15) is 0 Å². The van der Waals surface area contributed by atoms with Gasteiger partial charge in [0.15, 0.2) is 0 Å². The standard InChI is InChI=1S/C15H23ClO4/c1-12(2)19-8-7-18-10-13-3-5-15(6-4-13)20-11-14(17)9-16/h3-6,12,14,17H,7-11H2,1-2H3. The van der Waals surface area contributed by atoms with Crippen molar-refractivity contribution in [2.75, 3.05) is 25.7 Å². The Morgan fingerprint density at radius 3 is 2.45 bits per heavy atom. The Morgan fingerprint density at radius 2 is 1.85 bits per heavy atom. The van der Waals surface area contributed by atoms with Crippen LogP contribution in [0.4, 0.5) is 0 Å². The smallest absolute Gasteiger partial charge is 0.119 e. The summed E-state index contributed by atoms with van der Waals surface area (Å²) < 4.78 is 16.3. The summed E-state index contributed by atoms with van der Waals surface area (Å²) >= 11 is 5.49. The summed E-state index contributed by atoms with van der Waals surface area (Å²) in [5.41, 5.74) is 1.07. The first kappa shape index (κ1) is 17.2. The monoisotopic (exact) mass is 302 g/mol. The molecule has 4 nitrogen and oxygen atoms in total. The first-order valence-electron chi connectivity index (χ1n) is 6.77. The number of alkyl halides is 1. The summed E-state index contributed by atoms with van der Waals surface area (Å²) in [6, 6.07) is 7.58. The highest BCUT2D eigenvalue weighted by Gasteiger charge is 2.03. The molecule has 0 aliphatic rings. The molecule has 0 spiro atoms. The second-order valence-corrected chi connectivity index (χ2v) is 5.04. The van der Waals surface area contributed by atoms with Gasteiger partial charge in [-0.25, -0.2) is 0 Å². The third-order valence-corrected chi connectivity index (χ3v) is 2.85. The molecule has 5 heteroatoms. The highest BCUT2D eigenvalue weighted by Crippen LogP contribution is 2.13. The number of ether oxygens (including phenoxy) is 3. The molecule has 20 heavy (non-hydrogen) atoms. The largest absolute Gasteiger partial charge is 0.491 e. The lowest BCUT2D eigenvalue weighted by Gasteiger charge is -2.10. The summed E-state index contributed by atoms with van der Waals surface area (Å²) in [6.07, 6.45) is -0.404. The minimum atomic E-state index is -0.638. The Balaban J connectivity index is 2.21. The van der Waals surface area contributed by atoms with Crippen molar-refractivity contribution in [2.24, 2.45) is 0 Å². The SMILES string of the molecule is CC(C)OCCOCc1ccc(OCC(O)CCl)cc1. The highest BCUT2D eigenvalue weighted by atomic mass is 35.5. The summed E-state index contributed by atoms with van der Waals surface area (Å²) in [4.78, 5) is 0. The predicted octanol–water partition coefficient (Wildman–Crippen LogP) is 2.61. The van der Waals surface area contributed by atoms with Crippen LogP contribution in [0.5, 0.6) is 5.75 Å².